The zero-order valence-electron chi connectivity index (χ0n) is 13.6. The fraction of sp³-hybridized carbons (Fsp3) is 0.467. The van der Waals surface area contributed by atoms with E-state index in [4.69, 9.17) is 20.6 Å². The Morgan fingerprint density at radius 1 is 1.08 bits per heavy atom. The Kier molecular flexibility index (Phi) is 7.55. The lowest BCUT2D eigenvalue weighted by molar-refractivity contribution is -0.150. The quantitative estimate of drug-likeness (QED) is 0.279. The number of carbonyl (C=O) groups excluding carboxylic acids is 2. The Labute approximate surface area is 144 Å². The van der Waals surface area contributed by atoms with E-state index >= 15 is 4.39 Å². The fourth-order valence-electron chi connectivity index (χ4n) is 1.90. The molecule has 1 atom stereocenters. The van der Waals surface area contributed by atoms with Gasteiger partial charge in [0.1, 0.15) is 0 Å². The SMILES string of the molecule is CCOC(=O)C(F)(C(=O)c1ccc(Cl)cc1)P(=O)(OCC)OCC. The zero-order chi connectivity index (χ0) is 18.4. The summed E-state index contributed by atoms with van der Waals surface area (Å²) in [6, 6.07) is 5.10. The van der Waals surface area contributed by atoms with E-state index in [1.807, 2.05) is 0 Å². The van der Waals surface area contributed by atoms with Gasteiger partial charge >= 0.3 is 19.0 Å². The first-order valence-corrected chi connectivity index (χ1v) is 9.24. The summed E-state index contributed by atoms with van der Waals surface area (Å²) in [4.78, 5) is 24.8. The summed E-state index contributed by atoms with van der Waals surface area (Å²) < 4.78 is 42.8. The van der Waals surface area contributed by atoms with Gasteiger partial charge in [-0.2, -0.15) is 0 Å². The van der Waals surface area contributed by atoms with Gasteiger partial charge in [0, 0.05) is 10.6 Å². The highest BCUT2D eigenvalue weighted by molar-refractivity contribution is 7.58. The third kappa shape index (κ3) is 4.03. The van der Waals surface area contributed by atoms with Gasteiger partial charge in [-0.05, 0) is 45.0 Å². The number of carbonyl (C=O) groups is 2. The van der Waals surface area contributed by atoms with Crippen molar-refractivity contribution in [1.82, 2.24) is 0 Å². The van der Waals surface area contributed by atoms with Crippen LogP contribution in [-0.4, -0.2) is 37.0 Å². The Morgan fingerprint density at radius 3 is 2.00 bits per heavy atom. The molecule has 1 aromatic carbocycles. The molecule has 0 aromatic heterocycles. The Morgan fingerprint density at radius 2 is 1.58 bits per heavy atom. The van der Waals surface area contributed by atoms with Gasteiger partial charge in [0.05, 0.1) is 19.8 Å². The molecule has 134 valence electrons. The lowest BCUT2D eigenvalue weighted by Gasteiger charge is -2.29. The summed E-state index contributed by atoms with van der Waals surface area (Å²) in [5.41, 5.74) is -0.213. The van der Waals surface area contributed by atoms with Crippen molar-refractivity contribution in [3.63, 3.8) is 0 Å². The molecule has 1 unspecified atom stereocenters. The molecule has 24 heavy (non-hydrogen) atoms. The molecule has 0 bridgehead atoms. The third-order valence-electron chi connectivity index (χ3n) is 2.93. The molecule has 1 rings (SSSR count). The van der Waals surface area contributed by atoms with Crippen LogP contribution in [0.2, 0.25) is 5.02 Å². The first kappa shape index (κ1) is 20.8. The van der Waals surface area contributed by atoms with Gasteiger partial charge < -0.3 is 13.8 Å². The maximum Gasteiger partial charge on any atom is 0.387 e. The first-order chi connectivity index (χ1) is 11.3. The second kappa shape index (κ2) is 8.72. The van der Waals surface area contributed by atoms with Crippen LogP contribution in [0, 0.1) is 0 Å². The molecule has 6 nitrogen and oxygen atoms in total. The van der Waals surface area contributed by atoms with Crippen molar-refractivity contribution in [1.29, 1.82) is 0 Å². The fourth-order valence-corrected chi connectivity index (χ4v) is 3.81. The third-order valence-corrected chi connectivity index (χ3v) is 5.52. The minimum absolute atomic E-state index is 0.212. The summed E-state index contributed by atoms with van der Waals surface area (Å²) >= 11 is 5.73. The summed E-state index contributed by atoms with van der Waals surface area (Å²) in [6.07, 6.45) is 0. The number of alkyl halides is 1. The van der Waals surface area contributed by atoms with Crippen molar-refractivity contribution in [2.45, 2.75) is 26.2 Å². The van der Waals surface area contributed by atoms with Gasteiger partial charge in [0.2, 0.25) is 5.78 Å². The minimum atomic E-state index is -4.78. The zero-order valence-corrected chi connectivity index (χ0v) is 15.2. The minimum Gasteiger partial charge on any atom is -0.463 e. The lowest BCUT2D eigenvalue weighted by atomic mass is 10.1. The smallest absolute Gasteiger partial charge is 0.387 e. The molecule has 0 spiro atoms. The Bertz CT molecular complexity index is 625. The van der Waals surface area contributed by atoms with Crippen LogP contribution in [0.4, 0.5) is 4.39 Å². The van der Waals surface area contributed by atoms with E-state index in [9.17, 15) is 14.2 Å². The van der Waals surface area contributed by atoms with Crippen molar-refractivity contribution in [2.24, 2.45) is 0 Å². The number of esters is 1. The van der Waals surface area contributed by atoms with Crippen LogP contribution in [0.3, 0.4) is 0 Å². The highest BCUT2D eigenvalue weighted by atomic mass is 35.5. The molecule has 0 aliphatic heterocycles. The van der Waals surface area contributed by atoms with E-state index in [2.05, 4.69) is 4.74 Å². The summed E-state index contributed by atoms with van der Waals surface area (Å²) in [5.74, 6) is -2.99. The van der Waals surface area contributed by atoms with Crippen LogP contribution in [0.15, 0.2) is 24.3 Å². The van der Waals surface area contributed by atoms with Crippen LogP contribution in [0.5, 0.6) is 0 Å². The number of rotatable bonds is 9. The Hall–Kier alpha value is -1.27. The largest absolute Gasteiger partial charge is 0.463 e. The number of ether oxygens (including phenoxy) is 1. The monoisotopic (exact) mass is 380 g/mol. The molecule has 0 radical (unpaired) electrons. The topological polar surface area (TPSA) is 78.9 Å². The van der Waals surface area contributed by atoms with Crippen LogP contribution in [-0.2, 0) is 23.1 Å². The number of ketones is 1. The molecule has 0 N–H and O–H groups in total. The van der Waals surface area contributed by atoms with Gasteiger partial charge in [-0.15, -0.1) is 0 Å². The van der Waals surface area contributed by atoms with Crippen LogP contribution >= 0.6 is 19.2 Å². The maximum atomic E-state index is 15.6. The molecule has 0 amide bonds. The van der Waals surface area contributed by atoms with Crippen molar-refractivity contribution < 1.29 is 32.3 Å². The van der Waals surface area contributed by atoms with Gasteiger partial charge in [-0.1, -0.05) is 11.6 Å². The van der Waals surface area contributed by atoms with Crippen molar-refractivity contribution in [3.8, 4) is 0 Å². The summed E-state index contributed by atoms with van der Waals surface area (Å²) in [6.45, 7) is 3.63. The number of halogens is 2. The number of hydrogen-bond donors (Lipinski definition) is 0. The second-order valence-corrected chi connectivity index (χ2v) is 7.08. The van der Waals surface area contributed by atoms with Gasteiger partial charge in [-0.25, -0.2) is 9.18 Å². The highest BCUT2D eigenvalue weighted by Gasteiger charge is 2.65. The van der Waals surface area contributed by atoms with Crippen molar-refractivity contribution >= 4 is 30.9 Å². The molecule has 9 heteroatoms. The van der Waals surface area contributed by atoms with E-state index in [0.717, 1.165) is 0 Å². The molecule has 0 aliphatic carbocycles. The summed E-state index contributed by atoms with van der Waals surface area (Å²) in [5, 5.41) is -3.30. The van der Waals surface area contributed by atoms with Crippen LogP contribution in [0.25, 0.3) is 0 Å². The molecule has 0 fully saturated rings. The molecular formula is C15H19ClFO6P. The van der Waals surface area contributed by atoms with E-state index in [0.29, 0.717) is 5.02 Å². The van der Waals surface area contributed by atoms with E-state index < -0.39 is 24.8 Å². The van der Waals surface area contributed by atoms with Crippen molar-refractivity contribution in [2.75, 3.05) is 19.8 Å². The molecular weight excluding hydrogens is 362 g/mol. The van der Waals surface area contributed by atoms with E-state index in [1.165, 1.54) is 45.0 Å². The van der Waals surface area contributed by atoms with E-state index in [-0.39, 0.29) is 25.4 Å². The average molecular weight is 381 g/mol. The van der Waals surface area contributed by atoms with Crippen LogP contribution < -0.4 is 0 Å². The first-order valence-electron chi connectivity index (χ1n) is 7.32. The molecule has 0 saturated carbocycles. The van der Waals surface area contributed by atoms with Gasteiger partial charge in [0.25, 0.3) is 0 Å². The lowest BCUT2D eigenvalue weighted by Crippen LogP contribution is -2.44. The molecule has 1 aromatic rings. The average Bonchev–Trinajstić information content (AvgIpc) is 2.54. The molecule has 0 saturated heterocycles. The number of Topliss-reactive ketones (excluding diaryl/α,β-unsaturated/α-hetero) is 1. The van der Waals surface area contributed by atoms with Gasteiger partial charge in [-0.3, -0.25) is 9.36 Å². The van der Waals surface area contributed by atoms with E-state index in [1.54, 1.807) is 0 Å². The maximum absolute atomic E-state index is 15.6. The Balaban J connectivity index is 3.47. The molecule has 0 aliphatic rings. The van der Waals surface area contributed by atoms with Crippen LogP contribution in [0.1, 0.15) is 31.1 Å². The predicted molar refractivity (Wildman–Crippen MR) is 87.1 cm³/mol. The predicted octanol–water partition coefficient (Wildman–Crippen LogP) is 4.02. The standard InChI is InChI=1S/C15H19ClFO6P/c1-4-21-14(19)15(17,24(20,22-5-2)23-6-3)13(18)11-7-9-12(16)10-8-11/h7-10H,4-6H2,1-3H3. The normalized spacial score (nSPS) is 14.0. The van der Waals surface area contributed by atoms with Crippen molar-refractivity contribution in [3.05, 3.63) is 34.9 Å². The molecule has 0 heterocycles. The summed E-state index contributed by atoms with van der Waals surface area (Å²) in [7, 11) is -4.78. The number of benzene rings is 1. The highest BCUT2D eigenvalue weighted by Crippen LogP contribution is 2.62. The van der Waals surface area contributed by atoms with Gasteiger partial charge in [0.15, 0.2) is 0 Å². The number of hydrogen-bond acceptors (Lipinski definition) is 6. The second-order valence-electron chi connectivity index (χ2n) is 4.51.